The van der Waals surface area contributed by atoms with Crippen LogP contribution in [0.25, 0.3) is 0 Å². The standard InChI is InChI=1S/C14H14BrF3N2O4/c1-2-24-11(21)9-10(7-4-3-5-8(15)6-7)19-12(22)20-13(9,23)14(16,17)18/h3-6,9-10,23H,2H2,1H3,(H2,19,20,22)/t9-,10+,13-/m1/s1. The average Bonchev–Trinajstić information content (AvgIpc) is 2.45. The third-order valence-electron chi connectivity index (χ3n) is 3.55. The van der Waals surface area contributed by atoms with Crippen LogP contribution in [0.15, 0.2) is 28.7 Å². The van der Waals surface area contributed by atoms with Gasteiger partial charge in [0, 0.05) is 4.47 Å². The van der Waals surface area contributed by atoms with Gasteiger partial charge in [-0.05, 0) is 24.6 Å². The van der Waals surface area contributed by atoms with Gasteiger partial charge >= 0.3 is 18.2 Å². The van der Waals surface area contributed by atoms with Crippen molar-refractivity contribution in [3.63, 3.8) is 0 Å². The van der Waals surface area contributed by atoms with Crippen LogP contribution in [0.3, 0.4) is 0 Å². The molecule has 1 heterocycles. The van der Waals surface area contributed by atoms with E-state index in [9.17, 15) is 27.9 Å². The quantitative estimate of drug-likeness (QED) is 0.666. The Morgan fingerprint density at radius 1 is 1.46 bits per heavy atom. The molecule has 0 aromatic heterocycles. The molecule has 6 nitrogen and oxygen atoms in total. The summed E-state index contributed by atoms with van der Waals surface area (Å²) < 4.78 is 45.4. The number of hydrogen-bond donors (Lipinski definition) is 3. The number of alkyl halides is 3. The highest BCUT2D eigenvalue weighted by Gasteiger charge is 2.67. The minimum atomic E-state index is -5.29. The highest BCUT2D eigenvalue weighted by Crippen LogP contribution is 2.43. The Morgan fingerprint density at radius 2 is 2.12 bits per heavy atom. The van der Waals surface area contributed by atoms with E-state index >= 15 is 0 Å². The van der Waals surface area contributed by atoms with Crippen LogP contribution in [-0.4, -0.2) is 35.6 Å². The number of rotatable bonds is 3. The highest BCUT2D eigenvalue weighted by atomic mass is 79.9. The van der Waals surface area contributed by atoms with Crippen LogP contribution >= 0.6 is 15.9 Å². The lowest BCUT2D eigenvalue weighted by atomic mass is 9.82. The number of esters is 1. The first-order chi connectivity index (χ1) is 11.1. The number of ether oxygens (including phenoxy) is 1. The van der Waals surface area contributed by atoms with E-state index in [4.69, 9.17) is 0 Å². The van der Waals surface area contributed by atoms with Gasteiger partial charge < -0.3 is 20.5 Å². The van der Waals surface area contributed by atoms with E-state index in [0.29, 0.717) is 4.47 Å². The Morgan fingerprint density at radius 3 is 2.67 bits per heavy atom. The molecule has 10 heteroatoms. The molecule has 2 amide bonds. The van der Waals surface area contributed by atoms with Crippen LogP contribution in [0.1, 0.15) is 18.5 Å². The number of amides is 2. The minimum Gasteiger partial charge on any atom is -0.466 e. The predicted octanol–water partition coefficient (Wildman–Crippen LogP) is 2.23. The number of benzene rings is 1. The predicted molar refractivity (Wildman–Crippen MR) is 79.7 cm³/mol. The summed E-state index contributed by atoms with van der Waals surface area (Å²) >= 11 is 3.17. The smallest absolute Gasteiger partial charge is 0.437 e. The van der Waals surface area contributed by atoms with Crippen molar-refractivity contribution >= 4 is 27.9 Å². The molecule has 0 radical (unpaired) electrons. The zero-order valence-electron chi connectivity index (χ0n) is 12.4. The fraction of sp³-hybridized carbons (Fsp3) is 0.429. The maximum absolute atomic E-state index is 13.4. The number of hydrogen-bond acceptors (Lipinski definition) is 4. The third kappa shape index (κ3) is 3.34. The number of halogens is 4. The molecule has 0 spiro atoms. The largest absolute Gasteiger partial charge is 0.466 e. The average molecular weight is 411 g/mol. The zero-order chi connectivity index (χ0) is 18.1. The van der Waals surface area contributed by atoms with Crippen LogP contribution in [-0.2, 0) is 9.53 Å². The molecule has 0 saturated carbocycles. The van der Waals surface area contributed by atoms with E-state index in [2.05, 4.69) is 26.0 Å². The molecule has 3 atom stereocenters. The molecule has 1 aliphatic heterocycles. The molecular formula is C14H14BrF3N2O4. The first kappa shape index (κ1) is 18.5. The van der Waals surface area contributed by atoms with Crippen molar-refractivity contribution < 1.29 is 32.6 Å². The van der Waals surface area contributed by atoms with Gasteiger partial charge in [-0.2, -0.15) is 13.2 Å². The summed E-state index contributed by atoms with van der Waals surface area (Å²) in [6.07, 6.45) is -5.29. The fourth-order valence-electron chi connectivity index (χ4n) is 2.51. The van der Waals surface area contributed by atoms with Crippen molar-refractivity contribution in [1.29, 1.82) is 0 Å². The molecule has 1 aromatic carbocycles. The lowest BCUT2D eigenvalue weighted by Gasteiger charge is -2.44. The number of carbonyl (C=O) groups is 2. The van der Waals surface area contributed by atoms with Gasteiger partial charge in [-0.1, -0.05) is 28.1 Å². The van der Waals surface area contributed by atoms with Gasteiger partial charge in [-0.25, -0.2) is 4.79 Å². The summed E-state index contributed by atoms with van der Waals surface area (Å²) in [7, 11) is 0. The van der Waals surface area contributed by atoms with Gasteiger partial charge in [-0.15, -0.1) is 0 Å². The maximum Gasteiger partial charge on any atom is 0.437 e. The summed E-state index contributed by atoms with van der Waals surface area (Å²) in [6.45, 7) is 1.25. The van der Waals surface area contributed by atoms with E-state index in [1.165, 1.54) is 30.4 Å². The molecule has 1 fully saturated rings. The van der Waals surface area contributed by atoms with E-state index in [1.807, 2.05) is 0 Å². The molecular weight excluding hydrogens is 397 g/mol. The van der Waals surface area contributed by atoms with Gasteiger partial charge in [0.1, 0.15) is 5.92 Å². The number of nitrogens with one attached hydrogen (secondary N) is 2. The summed E-state index contributed by atoms with van der Waals surface area (Å²) in [5.74, 6) is -3.40. The summed E-state index contributed by atoms with van der Waals surface area (Å²) in [6, 6.07) is 3.36. The summed E-state index contributed by atoms with van der Waals surface area (Å²) in [5.41, 5.74) is -3.55. The molecule has 1 saturated heterocycles. The van der Waals surface area contributed by atoms with Crippen molar-refractivity contribution in [3.8, 4) is 0 Å². The molecule has 0 bridgehead atoms. The second-order valence-corrected chi connectivity index (χ2v) is 6.04. The molecule has 0 aliphatic carbocycles. The molecule has 2 rings (SSSR count). The van der Waals surface area contributed by atoms with Gasteiger partial charge in [0.15, 0.2) is 0 Å². The molecule has 24 heavy (non-hydrogen) atoms. The molecule has 132 valence electrons. The van der Waals surface area contributed by atoms with E-state index < -0.39 is 35.9 Å². The van der Waals surface area contributed by atoms with E-state index in [1.54, 1.807) is 6.07 Å². The number of carbonyl (C=O) groups excluding carboxylic acids is 2. The van der Waals surface area contributed by atoms with Gasteiger partial charge in [-0.3, -0.25) is 4.79 Å². The minimum absolute atomic E-state index is 0.178. The normalized spacial score (nSPS) is 27.2. The second-order valence-electron chi connectivity index (χ2n) is 5.12. The Hall–Kier alpha value is -1.81. The topological polar surface area (TPSA) is 87.7 Å². The van der Waals surface area contributed by atoms with Crippen LogP contribution in [0.2, 0.25) is 0 Å². The van der Waals surface area contributed by atoms with Crippen LogP contribution in [0.5, 0.6) is 0 Å². The van der Waals surface area contributed by atoms with Gasteiger partial charge in [0.05, 0.1) is 12.6 Å². The molecule has 1 aliphatic rings. The number of aliphatic hydroxyl groups is 1. The Balaban J connectivity index is 2.57. The lowest BCUT2D eigenvalue weighted by molar-refractivity contribution is -0.294. The Kier molecular flexibility index (Phi) is 5.09. The van der Waals surface area contributed by atoms with Crippen molar-refractivity contribution in [2.24, 2.45) is 5.92 Å². The van der Waals surface area contributed by atoms with Gasteiger partial charge in [0.2, 0.25) is 0 Å². The first-order valence-electron chi connectivity index (χ1n) is 6.90. The molecule has 0 unspecified atom stereocenters. The van der Waals surface area contributed by atoms with Crippen LogP contribution < -0.4 is 10.6 Å². The summed E-state index contributed by atoms with van der Waals surface area (Å²) in [4.78, 5) is 23.8. The fourth-order valence-corrected chi connectivity index (χ4v) is 2.93. The van der Waals surface area contributed by atoms with E-state index in [-0.39, 0.29) is 12.2 Å². The van der Waals surface area contributed by atoms with Crippen LogP contribution in [0, 0.1) is 5.92 Å². The van der Waals surface area contributed by atoms with Crippen molar-refractivity contribution in [2.75, 3.05) is 6.61 Å². The van der Waals surface area contributed by atoms with Crippen molar-refractivity contribution in [3.05, 3.63) is 34.3 Å². The van der Waals surface area contributed by atoms with Crippen molar-refractivity contribution in [2.45, 2.75) is 24.9 Å². The third-order valence-corrected chi connectivity index (χ3v) is 4.05. The van der Waals surface area contributed by atoms with Crippen molar-refractivity contribution in [1.82, 2.24) is 10.6 Å². The van der Waals surface area contributed by atoms with E-state index in [0.717, 1.165) is 0 Å². The highest BCUT2D eigenvalue weighted by molar-refractivity contribution is 9.10. The molecule has 3 N–H and O–H groups in total. The monoisotopic (exact) mass is 410 g/mol. The molecule has 1 aromatic rings. The first-order valence-corrected chi connectivity index (χ1v) is 7.69. The Bertz CT molecular complexity index is 655. The Labute approximate surface area is 143 Å². The number of urea groups is 1. The van der Waals surface area contributed by atoms with Gasteiger partial charge in [0.25, 0.3) is 5.72 Å². The maximum atomic E-state index is 13.4. The SMILES string of the molecule is CCOC(=O)[C@H]1[C@H](c2cccc(Br)c2)NC(=O)N[C@]1(O)C(F)(F)F. The lowest BCUT2D eigenvalue weighted by Crippen LogP contribution is -2.73. The second kappa shape index (κ2) is 6.60. The van der Waals surface area contributed by atoms with Crippen LogP contribution in [0.4, 0.5) is 18.0 Å². The summed E-state index contributed by atoms with van der Waals surface area (Å²) in [5, 5.41) is 13.8. The zero-order valence-corrected chi connectivity index (χ0v) is 13.9.